The van der Waals surface area contributed by atoms with Crippen LogP contribution in [-0.2, 0) is 5.41 Å². The first-order valence-corrected chi connectivity index (χ1v) is 9.33. The van der Waals surface area contributed by atoms with E-state index in [0.717, 1.165) is 31.6 Å². The fourth-order valence-electron chi connectivity index (χ4n) is 3.10. The van der Waals surface area contributed by atoms with Gasteiger partial charge < -0.3 is 9.42 Å². The molecule has 5 nitrogen and oxygen atoms in total. The number of piperidine rings is 1. The molecule has 0 aromatic carbocycles. The highest BCUT2D eigenvalue weighted by atomic mass is 32.1. The second-order valence-electron chi connectivity index (χ2n) is 7.59. The van der Waals surface area contributed by atoms with Crippen LogP contribution in [0, 0.1) is 13.8 Å². The third kappa shape index (κ3) is 3.24. The first kappa shape index (κ1) is 17.1. The van der Waals surface area contributed by atoms with E-state index >= 15 is 0 Å². The lowest BCUT2D eigenvalue weighted by atomic mass is 9.93. The maximum absolute atomic E-state index is 12.7. The van der Waals surface area contributed by atoms with E-state index in [1.807, 2.05) is 11.8 Å². The van der Waals surface area contributed by atoms with Crippen molar-refractivity contribution in [2.45, 2.75) is 58.8 Å². The number of aryl methyl sites for hydroxylation is 2. The molecule has 0 N–H and O–H groups in total. The Morgan fingerprint density at radius 2 is 1.96 bits per heavy atom. The summed E-state index contributed by atoms with van der Waals surface area (Å²) in [6.07, 6.45) is 1.93. The van der Waals surface area contributed by atoms with Gasteiger partial charge in [-0.05, 0) is 26.7 Å². The molecule has 3 rings (SSSR count). The standard InChI is InChI=1S/C18H25N3O2S/c1-11-15(12(2)23-20-11)17(22)21-8-6-13(7-9-21)16-19-14(10-24-16)18(3,4)5/h10,13H,6-9H2,1-5H3. The van der Waals surface area contributed by atoms with E-state index in [0.29, 0.717) is 22.9 Å². The quantitative estimate of drug-likeness (QED) is 0.822. The molecule has 0 spiro atoms. The first-order valence-electron chi connectivity index (χ1n) is 8.45. The second-order valence-corrected chi connectivity index (χ2v) is 8.48. The van der Waals surface area contributed by atoms with Gasteiger partial charge in [-0.15, -0.1) is 11.3 Å². The summed E-state index contributed by atoms with van der Waals surface area (Å²) in [5.41, 5.74) is 2.55. The molecule has 0 atom stereocenters. The average molecular weight is 347 g/mol. The Kier molecular flexibility index (Phi) is 4.51. The number of carbonyl (C=O) groups excluding carboxylic acids is 1. The van der Waals surface area contributed by atoms with Crippen molar-refractivity contribution < 1.29 is 9.32 Å². The molecular formula is C18H25N3O2S. The van der Waals surface area contributed by atoms with E-state index in [4.69, 9.17) is 9.51 Å². The Hall–Kier alpha value is -1.69. The number of amides is 1. The highest BCUT2D eigenvalue weighted by Crippen LogP contribution is 2.33. The third-order valence-electron chi connectivity index (χ3n) is 4.67. The summed E-state index contributed by atoms with van der Waals surface area (Å²) in [4.78, 5) is 19.5. The molecule has 1 aliphatic heterocycles. The fourth-order valence-corrected chi connectivity index (χ4v) is 4.31. The minimum Gasteiger partial charge on any atom is -0.361 e. The van der Waals surface area contributed by atoms with Crippen LogP contribution in [-0.4, -0.2) is 34.0 Å². The summed E-state index contributed by atoms with van der Waals surface area (Å²) in [5.74, 6) is 1.11. The summed E-state index contributed by atoms with van der Waals surface area (Å²) in [5, 5.41) is 7.28. The van der Waals surface area contributed by atoms with Crippen molar-refractivity contribution in [2.24, 2.45) is 0 Å². The van der Waals surface area contributed by atoms with Gasteiger partial charge in [0.05, 0.1) is 16.4 Å². The average Bonchev–Trinajstić information content (AvgIpc) is 3.14. The maximum Gasteiger partial charge on any atom is 0.259 e. The van der Waals surface area contributed by atoms with Gasteiger partial charge in [-0.2, -0.15) is 0 Å². The zero-order chi connectivity index (χ0) is 17.5. The molecule has 1 saturated heterocycles. The molecule has 0 unspecified atom stereocenters. The third-order valence-corrected chi connectivity index (χ3v) is 5.68. The topological polar surface area (TPSA) is 59.2 Å². The molecule has 130 valence electrons. The number of nitrogens with zero attached hydrogens (tertiary/aromatic N) is 3. The number of carbonyl (C=O) groups is 1. The summed E-state index contributed by atoms with van der Waals surface area (Å²) in [6, 6.07) is 0. The molecule has 0 bridgehead atoms. The Balaban J connectivity index is 1.66. The molecule has 3 heterocycles. The van der Waals surface area contributed by atoms with Crippen molar-refractivity contribution in [3.05, 3.63) is 33.1 Å². The molecule has 1 amide bonds. The monoisotopic (exact) mass is 347 g/mol. The van der Waals surface area contributed by atoms with Gasteiger partial charge in [0.1, 0.15) is 11.3 Å². The molecular weight excluding hydrogens is 322 g/mol. The predicted molar refractivity (Wildman–Crippen MR) is 94.7 cm³/mol. The predicted octanol–water partition coefficient (Wildman–Crippen LogP) is 4.07. The largest absolute Gasteiger partial charge is 0.361 e. The van der Waals surface area contributed by atoms with Gasteiger partial charge in [0.15, 0.2) is 0 Å². The van der Waals surface area contributed by atoms with E-state index in [2.05, 4.69) is 31.3 Å². The number of hydrogen-bond acceptors (Lipinski definition) is 5. The van der Waals surface area contributed by atoms with Gasteiger partial charge in [-0.1, -0.05) is 25.9 Å². The minimum absolute atomic E-state index is 0.0409. The summed E-state index contributed by atoms with van der Waals surface area (Å²) >= 11 is 1.76. The van der Waals surface area contributed by atoms with Crippen molar-refractivity contribution >= 4 is 17.2 Å². The first-order chi connectivity index (χ1) is 11.3. The number of hydrogen-bond donors (Lipinski definition) is 0. The summed E-state index contributed by atoms with van der Waals surface area (Å²) in [7, 11) is 0. The van der Waals surface area contributed by atoms with Crippen LogP contribution in [0.15, 0.2) is 9.90 Å². The Morgan fingerprint density at radius 1 is 1.29 bits per heavy atom. The van der Waals surface area contributed by atoms with E-state index in [1.54, 1.807) is 18.3 Å². The maximum atomic E-state index is 12.7. The summed E-state index contributed by atoms with van der Waals surface area (Å²) < 4.78 is 5.13. The van der Waals surface area contributed by atoms with Crippen LogP contribution in [0.25, 0.3) is 0 Å². The Bertz CT molecular complexity index is 714. The van der Waals surface area contributed by atoms with Crippen LogP contribution >= 0.6 is 11.3 Å². The number of thiazole rings is 1. The molecule has 1 aliphatic rings. The van der Waals surface area contributed by atoms with Crippen molar-refractivity contribution in [3.8, 4) is 0 Å². The van der Waals surface area contributed by atoms with Gasteiger partial charge in [0.2, 0.25) is 0 Å². The number of rotatable bonds is 2. The van der Waals surface area contributed by atoms with Gasteiger partial charge >= 0.3 is 0 Å². The lowest BCUT2D eigenvalue weighted by Crippen LogP contribution is -2.38. The molecule has 1 fully saturated rings. The van der Waals surface area contributed by atoms with E-state index in [9.17, 15) is 4.79 Å². The SMILES string of the molecule is Cc1noc(C)c1C(=O)N1CCC(c2nc(C(C)(C)C)cs2)CC1. The van der Waals surface area contributed by atoms with E-state index in [1.165, 1.54) is 5.01 Å². The van der Waals surface area contributed by atoms with Crippen molar-refractivity contribution in [1.29, 1.82) is 0 Å². The fraction of sp³-hybridized carbons (Fsp3) is 0.611. The van der Waals surface area contributed by atoms with Crippen LogP contribution < -0.4 is 0 Å². The molecule has 24 heavy (non-hydrogen) atoms. The van der Waals surface area contributed by atoms with Crippen LogP contribution in [0.3, 0.4) is 0 Å². The molecule has 0 saturated carbocycles. The number of aromatic nitrogens is 2. The molecule has 2 aromatic heterocycles. The molecule has 0 aliphatic carbocycles. The molecule has 0 radical (unpaired) electrons. The van der Waals surface area contributed by atoms with Crippen molar-refractivity contribution in [1.82, 2.24) is 15.0 Å². The van der Waals surface area contributed by atoms with E-state index < -0.39 is 0 Å². The molecule has 6 heteroatoms. The second kappa shape index (κ2) is 6.31. The zero-order valence-electron chi connectivity index (χ0n) is 15.0. The van der Waals surface area contributed by atoms with Gasteiger partial charge in [0, 0.05) is 29.8 Å². The van der Waals surface area contributed by atoms with Crippen molar-refractivity contribution in [3.63, 3.8) is 0 Å². The van der Waals surface area contributed by atoms with Crippen LogP contribution in [0.5, 0.6) is 0 Å². The van der Waals surface area contributed by atoms with E-state index in [-0.39, 0.29) is 11.3 Å². The van der Waals surface area contributed by atoms with Gasteiger partial charge in [-0.25, -0.2) is 4.98 Å². The summed E-state index contributed by atoms with van der Waals surface area (Å²) in [6.45, 7) is 11.7. The number of likely N-dealkylation sites (tertiary alicyclic amines) is 1. The Morgan fingerprint density at radius 3 is 2.46 bits per heavy atom. The van der Waals surface area contributed by atoms with Crippen LogP contribution in [0.1, 0.15) is 72.0 Å². The van der Waals surface area contributed by atoms with Gasteiger partial charge in [-0.3, -0.25) is 4.79 Å². The Labute approximate surface area is 147 Å². The zero-order valence-corrected chi connectivity index (χ0v) is 15.9. The lowest BCUT2D eigenvalue weighted by Gasteiger charge is -2.31. The lowest BCUT2D eigenvalue weighted by molar-refractivity contribution is 0.0710. The van der Waals surface area contributed by atoms with Gasteiger partial charge in [0.25, 0.3) is 5.91 Å². The normalized spacial score (nSPS) is 16.6. The highest BCUT2D eigenvalue weighted by molar-refractivity contribution is 7.09. The van der Waals surface area contributed by atoms with Crippen molar-refractivity contribution in [2.75, 3.05) is 13.1 Å². The van der Waals surface area contributed by atoms with Crippen LogP contribution in [0.4, 0.5) is 0 Å². The minimum atomic E-state index is 0.0409. The molecule has 2 aromatic rings. The highest BCUT2D eigenvalue weighted by Gasteiger charge is 2.29. The smallest absolute Gasteiger partial charge is 0.259 e. The van der Waals surface area contributed by atoms with Crippen LogP contribution in [0.2, 0.25) is 0 Å².